The molecule has 3 aliphatic rings. The fourth-order valence-corrected chi connectivity index (χ4v) is 4.95. The average molecular weight is 382 g/mol. The number of methoxy groups -OCH3 is 1. The summed E-state index contributed by atoms with van der Waals surface area (Å²) in [4.78, 5) is 31.0. The number of ether oxygens (including phenoxy) is 2. The quantitative estimate of drug-likeness (QED) is 0.653. The lowest BCUT2D eigenvalue weighted by atomic mass is 9.65. The highest BCUT2D eigenvalue weighted by molar-refractivity contribution is 5.91. The van der Waals surface area contributed by atoms with Gasteiger partial charge < -0.3 is 14.5 Å². The van der Waals surface area contributed by atoms with Gasteiger partial charge in [-0.25, -0.2) is 0 Å². The number of allylic oxidation sites excluding steroid dienone is 1. The van der Waals surface area contributed by atoms with E-state index in [0.717, 1.165) is 48.2 Å². The number of nitrogens with zero attached hydrogens (tertiary/aromatic N) is 1. The molecule has 2 bridgehead atoms. The van der Waals surface area contributed by atoms with Crippen LogP contribution in [0, 0.1) is 5.92 Å². The molecule has 0 spiro atoms. The molecule has 5 rings (SSSR count). The molecule has 0 aliphatic carbocycles. The van der Waals surface area contributed by atoms with Crippen molar-refractivity contribution in [2.24, 2.45) is 5.92 Å². The minimum atomic E-state index is -1.08. The molecule has 0 saturated carbocycles. The van der Waals surface area contributed by atoms with E-state index in [0.29, 0.717) is 0 Å². The molecule has 6 heteroatoms. The first-order chi connectivity index (χ1) is 13.5. The van der Waals surface area contributed by atoms with Gasteiger partial charge in [0.05, 0.1) is 7.11 Å². The Morgan fingerprint density at radius 1 is 1.32 bits per heavy atom. The van der Waals surface area contributed by atoms with Gasteiger partial charge in [0.25, 0.3) is 0 Å². The SMILES string of the molecule is C/C=C1/CN2CC[C@@H]1[C@@](COC(C)=O)(C(=O)OC)c1[nH]c3ccccc3c1C2. The number of hydrogen-bond donors (Lipinski definition) is 1. The molecule has 1 aromatic carbocycles. The molecule has 3 atom stereocenters. The summed E-state index contributed by atoms with van der Waals surface area (Å²) in [5.74, 6) is -0.851. The summed E-state index contributed by atoms with van der Waals surface area (Å²) >= 11 is 0. The highest BCUT2D eigenvalue weighted by atomic mass is 16.5. The molecule has 1 fully saturated rings. The minimum absolute atomic E-state index is 0.0309. The first kappa shape index (κ1) is 18.7. The van der Waals surface area contributed by atoms with E-state index in [4.69, 9.17) is 9.47 Å². The zero-order valence-corrected chi connectivity index (χ0v) is 16.6. The number of carbonyl (C=O) groups is 2. The number of hydrogen-bond acceptors (Lipinski definition) is 5. The average Bonchev–Trinajstić information content (AvgIpc) is 3.05. The zero-order valence-electron chi connectivity index (χ0n) is 16.6. The second-order valence-electron chi connectivity index (χ2n) is 7.68. The van der Waals surface area contributed by atoms with Crippen LogP contribution in [0.5, 0.6) is 0 Å². The Hall–Kier alpha value is -2.60. The van der Waals surface area contributed by atoms with Gasteiger partial charge in [0.2, 0.25) is 0 Å². The number of rotatable bonds is 3. The third-order valence-corrected chi connectivity index (χ3v) is 6.25. The van der Waals surface area contributed by atoms with Crippen LogP contribution in [0.4, 0.5) is 0 Å². The van der Waals surface area contributed by atoms with Crippen molar-refractivity contribution in [3.8, 4) is 0 Å². The van der Waals surface area contributed by atoms with Crippen molar-refractivity contribution in [3.63, 3.8) is 0 Å². The van der Waals surface area contributed by atoms with Crippen molar-refractivity contribution < 1.29 is 19.1 Å². The Morgan fingerprint density at radius 3 is 2.82 bits per heavy atom. The van der Waals surface area contributed by atoms with Crippen LogP contribution < -0.4 is 0 Å². The summed E-state index contributed by atoms with van der Waals surface area (Å²) in [5.41, 5.74) is 2.99. The van der Waals surface area contributed by atoms with Crippen LogP contribution in [0.15, 0.2) is 35.9 Å². The van der Waals surface area contributed by atoms with Gasteiger partial charge in [0.15, 0.2) is 0 Å². The van der Waals surface area contributed by atoms with E-state index in [9.17, 15) is 9.59 Å². The molecule has 28 heavy (non-hydrogen) atoms. The number of H-pyrrole nitrogens is 1. The molecule has 1 saturated heterocycles. The molecule has 1 unspecified atom stereocenters. The van der Waals surface area contributed by atoms with Gasteiger partial charge in [-0.05, 0) is 31.5 Å². The van der Waals surface area contributed by atoms with Crippen molar-refractivity contribution in [2.45, 2.75) is 32.2 Å². The van der Waals surface area contributed by atoms with Crippen LogP contribution >= 0.6 is 0 Å². The lowest BCUT2D eigenvalue weighted by molar-refractivity contribution is -0.158. The lowest BCUT2D eigenvalue weighted by Crippen LogP contribution is -2.55. The van der Waals surface area contributed by atoms with E-state index in [-0.39, 0.29) is 18.5 Å². The van der Waals surface area contributed by atoms with Crippen molar-refractivity contribution >= 4 is 22.8 Å². The minimum Gasteiger partial charge on any atom is -0.468 e. The van der Waals surface area contributed by atoms with Gasteiger partial charge in [0, 0.05) is 42.5 Å². The number of nitrogens with one attached hydrogen (secondary N) is 1. The summed E-state index contributed by atoms with van der Waals surface area (Å²) in [6.45, 7) is 5.78. The van der Waals surface area contributed by atoms with E-state index in [1.807, 2.05) is 25.1 Å². The highest BCUT2D eigenvalue weighted by Gasteiger charge is 2.55. The molecule has 2 aromatic rings. The molecule has 4 heterocycles. The van der Waals surface area contributed by atoms with Crippen LogP contribution in [-0.2, 0) is 31.0 Å². The molecule has 1 N–H and O–H groups in total. The molecule has 3 aliphatic heterocycles. The predicted octanol–water partition coefficient (Wildman–Crippen LogP) is 2.92. The fraction of sp³-hybridized carbons (Fsp3) is 0.455. The van der Waals surface area contributed by atoms with Crippen LogP contribution in [0.3, 0.4) is 0 Å². The Morgan fingerprint density at radius 2 is 2.11 bits per heavy atom. The van der Waals surface area contributed by atoms with Crippen molar-refractivity contribution in [3.05, 3.63) is 47.2 Å². The van der Waals surface area contributed by atoms with E-state index in [2.05, 4.69) is 22.0 Å². The third kappa shape index (κ3) is 2.75. The second kappa shape index (κ2) is 7.09. The molecular weight excluding hydrogens is 356 g/mol. The van der Waals surface area contributed by atoms with Gasteiger partial charge in [-0.2, -0.15) is 0 Å². The monoisotopic (exact) mass is 382 g/mol. The Labute approximate surface area is 164 Å². The number of para-hydroxylation sites is 1. The van der Waals surface area contributed by atoms with E-state index < -0.39 is 11.4 Å². The highest BCUT2D eigenvalue weighted by Crippen LogP contribution is 2.47. The van der Waals surface area contributed by atoms with Crippen molar-refractivity contribution in [1.82, 2.24) is 9.88 Å². The van der Waals surface area contributed by atoms with Gasteiger partial charge in [-0.1, -0.05) is 29.8 Å². The fourth-order valence-electron chi connectivity index (χ4n) is 4.95. The summed E-state index contributed by atoms with van der Waals surface area (Å²) < 4.78 is 10.8. The van der Waals surface area contributed by atoms with E-state index >= 15 is 0 Å². The van der Waals surface area contributed by atoms with Crippen molar-refractivity contribution in [2.75, 3.05) is 26.8 Å². The van der Waals surface area contributed by atoms with Gasteiger partial charge in [0.1, 0.15) is 12.0 Å². The zero-order chi connectivity index (χ0) is 19.9. The van der Waals surface area contributed by atoms with E-state index in [1.165, 1.54) is 19.6 Å². The van der Waals surface area contributed by atoms with Crippen LogP contribution in [0.25, 0.3) is 10.9 Å². The summed E-state index contributed by atoms with van der Waals surface area (Å²) in [5, 5.41) is 1.10. The Balaban J connectivity index is 2.03. The first-order valence-corrected chi connectivity index (χ1v) is 9.70. The number of piperidine rings is 1. The normalized spacial score (nSPS) is 27.9. The number of benzene rings is 1. The second-order valence-corrected chi connectivity index (χ2v) is 7.68. The maximum absolute atomic E-state index is 13.4. The number of aromatic amines is 1. The summed E-state index contributed by atoms with van der Waals surface area (Å²) in [6.07, 6.45) is 2.90. The predicted molar refractivity (Wildman–Crippen MR) is 106 cm³/mol. The maximum Gasteiger partial charge on any atom is 0.321 e. The van der Waals surface area contributed by atoms with Gasteiger partial charge in [-0.15, -0.1) is 0 Å². The van der Waals surface area contributed by atoms with Crippen LogP contribution in [0.2, 0.25) is 0 Å². The van der Waals surface area contributed by atoms with Crippen molar-refractivity contribution in [1.29, 1.82) is 0 Å². The lowest BCUT2D eigenvalue weighted by Gasteiger charge is -2.46. The Bertz CT molecular complexity index is 961. The molecule has 0 radical (unpaired) electrons. The Kier molecular flexibility index (Phi) is 4.75. The molecule has 6 nitrogen and oxygen atoms in total. The molecule has 0 amide bonds. The topological polar surface area (TPSA) is 71.6 Å². The third-order valence-electron chi connectivity index (χ3n) is 6.25. The number of carbonyl (C=O) groups excluding carboxylic acids is 2. The molecule has 1 aromatic heterocycles. The smallest absolute Gasteiger partial charge is 0.321 e. The number of fused-ring (bicyclic) bond motifs is 3. The number of aromatic nitrogens is 1. The first-order valence-electron chi connectivity index (χ1n) is 9.70. The van der Waals surface area contributed by atoms with Gasteiger partial charge >= 0.3 is 11.9 Å². The van der Waals surface area contributed by atoms with Gasteiger partial charge in [-0.3, -0.25) is 14.5 Å². The van der Waals surface area contributed by atoms with E-state index in [1.54, 1.807) is 0 Å². The summed E-state index contributed by atoms with van der Waals surface area (Å²) in [7, 11) is 1.41. The molecular formula is C22H26N2O4. The summed E-state index contributed by atoms with van der Waals surface area (Å²) in [6, 6.07) is 8.07. The molecule has 148 valence electrons. The maximum atomic E-state index is 13.4. The number of esters is 2. The standard InChI is InChI=1S/C22H26N2O4/c1-4-15-11-24-10-9-18(15)22(21(26)27-3,13-28-14(2)25)20-17(12-24)16-7-5-6-8-19(16)23-20/h4-8,18,23H,9-13H2,1-3H3/b15-4-/t18-,22+/m0/s1. The largest absolute Gasteiger partial charge is 0.468 e. The van der Waals surface area contributed by atoms with Crippen LogP contribution in [0.1, 0.15) is 31.5 Å². The van der Waals surface area contributed by atoms with Crippen LogP contribution in [-0.4, -0.2) is 48.6 Å².